The number of rotatable bonds is 4. The van der Waals surface area contributed by atoms with Crippen LogP contribution in [0.1, 0.15) is 13.8 Å². The SMILES string of the molecule is COC(=O)C(OP(=O)([O-])[O-])C(C)C. The van der Waals surface area contributed by atoms with Crippen LogP contribution in [-0.2, 0) is 18.6 Å². The summed E-state index contributed by atoms with van der Waals surface area (Å²) >= 11 is 0. The van der Waals surface area contributed by atoms with E-state index >= 15 is 0 Å². The first-order valence-corrected chi connectivity index (χ1v) is 5.02. The molecule has 78 valence electrons. The van der Waals surface area contributed by atoms with Crippen molar-refractivity contribution < 1.29 is 28.4 Å². The van der Waals surface area contributed by atoms with Crippen LogP contribution >= 0.6 is 7.82 Å². The molecule has 0 aliphatic heterocycles. The number of hydrogen-bond donors (Lipinski definition) is 0. The number of esters is 1. The minimum absolute atomic E-state index is 0.441. The molecule has 0 aliphatic rings. The van der Waals surface area contributed by atoms with Crippen molar-refractivity contribution in [1.82, 2.24) is 0 Å². The van der Waals surface area contributed by atoms with Gasteiger partial charge in [-0.2, -0.15) is 0 Å². The Morgan fingerprint density at radius 2 is 1.85 bits per heavy atom. The normalized spacial score (nSPS) is 14.3. The Morgan fingerprint density at radius 3 is 2.08 bits per heavy atom. The molecule has 0 saturated heterocycles. The van der Waals surface area contributed by atoms with Crippen molar-refractivity contribution in [2.75, 3.05) is 7.11 Å². The van der Waals surface area contributed by atoms with Gasteiger partial charge in [-0.3, -0.25) is 0 Å². The van der Waals surface area contributed by atoms with Gasteiger partial charge in [-0.1, -0.05) is 13.8 Å². The Labute approximate surface area is 76.1 Å². The van der Waals surface area contributed by atoms with E-state index in [1.807, 2.05) is 0 Å². The number of carbonyl (C=O) groups is 1. The molecule has 1 unspecified atom stereocenters. The van der Waals surface area contributed by atoms with Gasteiger partial charge in [-0.25, -0.2) is 4.79 Å². The molecule has 13 heavy (non-hydrogen) atoms. The van der Waals surface area contributed by atoms with Crippen LogP contribution in [0.4, 0.5) is 0 Å². The Kier molecular flexibility index (Phi) is 4.56. The van der Waals surface area contributed by atoms with Crippen molar-refractivity contribution in [3.05, 3.63) is 0 Å². The molecule has 0 aliphatic carbocycles. The van der Waals surface area contributed by atoms with Crippen molar-refractivity contribution in [2.45, 2.75) is 20.0 Å². The van der Waals surface area contributed by atoms with Gasteiger partial charge in [0, 0.05) is 0 Å². The van der Waals surface area contributed by atoms with E-state index in [4.69, 9.17) is 0 Å². The van der Waals surface area contributed by atoms with Gasteiger partial charge in [-0.15, -0.1) is 0 Å². The average Bonchev–Trinajstić information content (AvgIpc) is 1.96. The lowest BCUT2D eigenvalue weighted by molar-refractivity contribution is -0.345. The third kappa shape index (κ3) is 5.00. The first-order chi connectivity index (χ1) is 5.78. The number of ether oxygens (including phenoxy) is 1. The molecule has 0 rings (SSSR count). The molecule has 1 atom stereocenters. The maximum atomic E-state index is 10.9. The van der Waals surface area contributed by atoms with Gasteiger partial charge in [0.1, 0.15) is 0 Å². The molecule has 0 spiro atoms. The number of carbonyl (C=O) groups excluding carboxylic acids is 1. The second-order valence-corrected chi connectivity index (χ2v) is 3.85. The Morgan fingerprint density at radius 1 is 1.38 bits per heavy atom. The molecule has 0 bridgehead atoms. The van der Waals surface area contributed by atoms with Gasteiger partial charge >= 0.3 is 5.97 Å². The summed E-state index contributed by atoms with van der Waals surface area (Å²) in [5.74, 6) is -1.31. The monoisotopic (exact) mass is 210 g/mol. The molecule has 0 amide bonds. The van der Waals surface area contributed by atoms with E-state index in [1.54, 1.807) is 0 Å². The molecule has 0 N–H and O–H groups in total. The quantitative estimate of drug-likeness (QED) is 0.437. The van der Waals surface area contributed by atoms with Crippen LogP contribution in [0, 0.1) is 5.92 Å². The number of phosphoric acid groups is 1. The molecular weight excluding hydrogens is 199 g/mol. The molecule has 0 saturated carbocycles. The van der Waals surface area contributed by atoms with Crippen molar-refractivity contribution in [3.8, 4) is 0 Å². The highest BCUT2D eigenvalue weighted by atomic mass is 31.2. The topological polar surface area (TPSA) is 98.7 Å². The van der Waals surface area contributed by atoms with Gasteiger partial charge < -0.3 is 23.6 Å². The fraction of sp³-hybridized carbons (Fsp3) is 0.833. The van der Waals surface area contributed by atoms with Gasteiger partial charge in [0.25, 0.3) is 0 Å². The van der Waals surface area contributed by atoms with Crippen LogP contribution in [0.3, 0.4) is 0 Å². The lowest BCUT2D eigenvalue weighted by Gasteiger charge is -2.33. The maximum Gasteiger partial charge on any atom is 0.335 e. The minimum atomic E-state index is -5.14. The van der Waals surface area contributed by atoms with Crippen LogP contribution in [0.5, 0.6) is 0 Å². The lowest BCUT2D eigenvalue weighted by Crippen LogP contribution is -2.33. The van der Waals surface area contributed by atoms with Crippen LogP contribution in [-0.4, -0.2) is 19.2 Å². The number of hydrogen-bond acceptors (Lipinski definition) is 6. The molecule has 0 aromatic heterocycles. The molecule has 0 fully saturated rings. The van der Waals surface area contributed by atoms with E-state index in [0.29, 0.717) is 0 Å². The number of methoxy groups -OCH3 is 1. The molecule has 0 aromatic carbocycles. The fourth-order valence-corrected chi connectivity index (χ4v) is 1.30. The number of phosphoric ester groups is 1. The van der Waals surface area contributed by atoms with Crippen LogP contribution in [0.2, 0.25) is 0 Å². The first-order valence-electron chi connectivity index (χ1n) is 3.56. The van der Waals surface area contributed by atoms with Crippen molar-refractivity contribution >= 4 is 13.8 Å². The van der Waals surface area contributed by atoms with Gasteiger partial charge in [-0.05, 0) is 5.92 Å². The van der Waals surface area contributed by atoms with E-state index < -0.39 is 25.8 Å². The summed E-state index contributed by atoms with van der Waals surface area (Å²) in [5, 5.41) is 0. The summed E-state index contributed by atoms with van der Waals surface area (Å²) < 4.78 is 18.5. The Balaban J connectivity index is 4.45. The smallest absolute Gasteiger partial charge is 0.335 e. The summed E-state index contributed by atoms with van der Waals surface area (Å²) in [5.41, 5.74) is 0. The average molecular weight is 210 g/mol. The summed E-state index contributed by atoms with van der Waals surface area (Å²) in [6.45, 7) is 3.08. The van der Waals surface area contributed by atoms with E-state index in [1.165, 1.54) is 13.8 Å². The van der Waals surface area contributed by atoms with Crippen molar-refractivity contribution in [3.63, 3.8) is 0 Å². The standard InChI is InChI=1S/C6H13O6P/c1-4(2)5(6(7)11-3)12-13(8,9)10/h4-5H,1-3H3,(H2,8,9,10)/p-2. The lowest BCUT2D eigenvalue weighted by atomic mass is 10.1. The molecule has 0 radical (unpaired) electrons. The third-order valence-corrected chi connectivity index (χ3v) is 1.77. The van der Waals surface area contributed by atoms with Crippen LogP contribution in [0.15, 0.2) is 0 Å². The third-order valence-electron chi connectivity index (χ3n) is 1.28. The van der Waals surface area contributed by atoms with E-state index in [9.17, 15) is 19.1 Å². The zero-order valence-electron chi connectivity index (χ0n) is 7.55. The fourth-order valence-electron chi connectivity index (χ4n) is 0.692. The van der Waals surface area contributed by atoms with Gasteiger partial charge in [0.2, 0.25) is 0 Å². The summed E-state index contributed by atoms with van der Waals surface area (Å²) in [6, 6.07) is 0. The first kappa shape index (κ1) is 12.6. The van der Waals surface area contributed by atoms with Crippen molar-refractivity contribution in [2.24, 2.45) is 5.92 Å². The highest BCUT2D eigenvalue weighted by Gasteiger charge is 2.24. The van der Waals surface area contributed by atoms with E-state index in [0.717, 1.165) is 7.11 Å². The molecule has 7 heteroatoms. The summed E-state index contributed by atoms with van der Waals surface area (Å²) in [4.78, 5) is 31.3. The van der Waals surface area contributed by atoms with Gasteiger partial charge in [0.15, 0.2) is 6.10 Å². The van der Waals surface area contributed by atoms with Gasteiger partial charge in [0.05, 0.1) is 14.9 Å². The van der Waals surface area contributed by atoms with Crippen LogP contribution in [0.25, 0.3) is 0 Å². The molecule has 6 nitrogen and oxygen atoms in total. The van der Waals surface area contributed by atoms with Crippen molar-refractivity contribution in [1.29, 1.82) is 0 Å². The molecule has 0 heterocycles. The predicted molar refractivity (Wildman–Crippen MR) is 39.3 cm³/mol. The highest BCUT2D eigenvalue weighted by molar-refractivity contribution is 7.43. The molecular formula is C6H11O6P-2. The maximum absolute atomic E-state index is 10.9. The molecule has 0 aromatic rings. The zero-order valence-corrected chi connectivity index (χ0v) is 8.45. The highest BCUT2D eigenvalue weighted by Crippen LogP contribution is 2.30. The second-order valence-electron chi connectivity index (χ2n) is 2.74. The summed E-state index contributed by atoms with van der Waals surface area (Å²) in [6.07, 6.45) is -1.36. The van der Waals surface area contributed by atoms with E-state index in [-0.39, 0.29) is 0 Å². The largest absolute Gasteiger partial charge is 0.790 e. The Hall–Kier alpha value is -0.420. The predicted octanol–water partition coefficient (Wildman–Crippen LogP) is -0.971. The van der Waals surface area contributed by atoms with E-state index in [2.05, 4.69) is 9.26 Å². The minimum Gasteiger partial charge on any atom is -0.790 e. The second kappa shape index (κ2) is 4.72. The zero-order chi connectivity index (χ0) is 10.6. The Bertz CT molecular complexity index is 219. The van der Waals surface area contributed by atoms with Crippen LogP contribution < -0.4 is 9.79 Å². The summed E-state index contributed by atoms with van der Waals surface area (Å²) in [7, 11) is -4.06.